The number of aromatic nitrogens is 2. The summed E-state index contributed by atoms with van der Waals surface area (Å²) in [6.07, 6.45) is 6.31. The fourth-order valence-electron chi connectivity index (χ4n) is 3.81. The molecule has 1 aliphatic rings. The molecule has 4 N–H and O–H groups in total. The van der Waals surface area contributed by atoms with Crippen LogP contribution in [0.4, 0.5) is 0 Å². The van der Waals surface area contributed by atoms with E-state index in [4.69, 9.17) is 10.7 Å². The Bertz CT molecular complexity index is 783. The van der Waals surface area contributed by atoms with Gasteiger partial charge < -0.3 is 16.0 Å². The van der Waals surface area contributed by atoms with Gasteiger partial charge in [0.25, 0.3) is 5.91 Å². The van der Waals surface area contributed by atoms with Gasteiger partial charge in [0.1, 0.15) is 5.69 Å². The van der Waals surface area contributed by atoms with E-state index < -0.39 is 0 Å². The number of pyridine rings is 1. The second kappa shape index (κ2) is 7.78. The van der Waals surface area contributed by atoms with Crippen molar-refractivity contribution in [2.24, 2.45) is 17.1 Å². The summed E-state index contributed by atoms with van der Waals surface area (Å²) in [5.41, 5.74) is 10.8. The number of aryl methyl sites for hydroxylation is 1. The van der Waals surface area contributed by atoms with Crippen molar-refractivity contribution in [2.45, 2.75) is 59.3 Å². The van der Waals surface area contributed by atoms with Crippen LogP contribution < -0.4 is 11.1 Å². The van der Waals surface area contributed by atoms with Gasteiger partial charge in [-0.05, 0) is 67.7 Å². The van der Waals surface area contributed by atoms with Gasteiger partial charge in [0.2, 0.25) is 0 Å². The Morgan fingerprint density at radius 1 is 1.35 bits per heavy atom. The van der Waals surface area contributed by atoms with Crippen LogP contribution >= 0.6 is 0 Å². The molecule has 1 aliphatic carbocycles. The molecule has 0 spiro atoms. The maximum Gasteiger partial charge on any atom is 0.267 e. The van der Waals surface area contributed by atoms with E-state index in [0.29, 0.717) is 30.1 Å². The van der Waals surface area contributed by atoms with Crippen LogP contribution in [0, 0.1) is 11.3 Å². The largest absolute Gasteiger partial charge is 0.351 e. The van der Waals surface area contributed by atoms with E-state index in [9.17, 15) is 4.79 Å². The standard InChI is InChI=1S/C21H32N4O.2H2/c1-21(2,3)15-7-8-16-14(11-15)12-17-18(24-16)13-19(25-17)20(26)23-10-6-4-5-9-22;;/h12-13,15,25H,4-11,22H2,1-3H3,(H,23,26);2*1H. The van der Waals surface area contributed by atoms with Crippen LogP contribution in [0.2, 0.25) is 0 Å². The molecule has 2 heterocycles. The van der Waals surface area contributed by atoms with E-state index in [1.54, 1.807) is 0 Å². The molecule has 146 valence electrons. The minimum atomic E-state index is -0.0544. The molecule has 26 heavy (non-hydrogen) atoms. The number of rotatable bonds is 6. The molecule has 1 atom stereocenters. The minimum Gasteiger partial charge on any atom is -0.351 e. The lowest BCUT2D eigenvalue weighted by Gasteiger charge is -2.34. The first kappa shape index (κ1) is 18.9. The van der Waals surface area contributed by atoms with Gasteiger partial charge in [-0.25, -0.2) is 0 Å². The van der Waals surface area contributed by atoms with Crippen LogP contribution in [0.3, 0.4) is 0 Å². The second-order valence-corrected chi connectivity index (χ2v) is 8.62. The third-order valence-corrected chi connectivity index (χ3v) is 5.60. The molecule has 0 aliphatic heterocycles. The van der Waals surface area contributed by atoms with E-state index in [-0.39, 0.29) is 8.76 Å². The Morgan fingerprint density at radius 2 is 2.15 bits per heavy atom. The zero-order valence-corrected chi connectivity index (χ0v) is 16.3. The molecule has 0 saturated heterocycles. The lowest BCUT2D eigenvalue weighted by Crippen LogP contribution is -2.27. The number of fused-ring (bicyclic) bond motifs is 2. The van der Waals surface area contributed by atoms with Crippen molar-refractivity contribution in [3.05, 3.63) is 29.1 Å². The van der Waals surface area contributed by atoms with Gasteiger partial charge in [0, 0.05) is 15.1 Å². The van der Waals surface area contributed by atoms with Crippen molar-refractivity contribution in [1.29, 1.82) is 0 Å². The Kier molecular flexibility index (Phi) is 5.66. The third kappa shape index (κ3) is 4.26. The summed E-state index contributed by atoms with van der Waals surface area (Å²) in [4.78, 5) is 20.4. The van der Waals surface area contributed by atoms with E-state index in [0.717, 1.165) is 43.1 Å². The molecule has 2 aromatic rings. The maximum absolute atomic E-state index is 12.4. The topological polar surface area (TPSA) is 83.8 Å². The maximum atomic E-state index is 12.4. The van der Waals surface area contributed by atoms with Crippen LogP contribution in [0.15, 0.2) is 12.1 Å². The fraction of sp³-hybridized carbons (Fsp3) is 0.619. The predicted molar refractivity (Wildman–Crippen MR) is 111 cm³/mol. The summed E-state index contributed by atoms with van der Waals surface area (Å²) in [7, 11) is 0. The van der Waals surface area contributed by atoms with E-state index in [2.05, 4.69) is 37.1 Å². The average Bonchev–Trinajstić information content (AvgIpc) is 3.01. The Hall–Kier alpha value is -1.88. The smallest absolute Gasteiger partial charge is 0.267 e. The molecular formula is C21H36N4O. The quantitative estimate of drug-likeness (QED) is 0.679. The van der Waals surface area contributed by atoms with Crippen molar-refractivity contribution in [2.75, 3.05) is 13.1 Å². The van der Waals surface area contributed by atoms with E-state index >= 15 is 0 Å². The van der Waals surface area contributed by atoms with Gasteiger partial charge in [-0.15, -0.1) is 0 Å². The van der Waals surface area contributed by atoms with Crippen molar-refractivity contribution in [3.63, 3.8) is 0 Å². The molecule has 5 nitrogen and oxygen atoms in total. The predicted octanol–water partition coefficient (Wildman–Crippen LogP) is 4.06. The van der Waals surface area contributed by atoms with E-state index in [1.807, 2.05) is 6.07 Å². The molecule has 5 heteroatoms. The first-order valence-electron chi connectivity index (χ1n) is 9.88. The van der Waals surface area contributed by atoms with Crippen LogP contribution in [0.25, 0.3) is 11.0 Å². The monoisotopic (exact) mass is 360 g/mol. The Balaban J connectivity index is 0.00000196. The normalized spacial score (nSPS) is 17.3. The summed E-state index contributed by atoms with van der Waals surface area (Å²) in [6, 6.07) is 4.08. The number of amides is 1. The second-order valence-electron chi connectivity index (χ2n) is 8.62. The fourth-order valence-corrected chi connectivity index (χ4v) is 3.81. The Labute approximate surface area is 159 Å². The molecule has 1 unspecified atom stereocenters. The molecule has 0 aromatic carbocycles. The summed E-state index contributed by atoms with van der Waals surface area (Å²) in [6.45, 7) is 8.35. The highest BCUT2D eigenvalue weighted by Crippen LogP contribution is 2.37. The zero-order valence-electron chi connectivity index (χ0n) is 16.3. The first-order chi connectivity index (χ1) is 12.4. The number of unbranched alkanes of at least 4 members (excludes halogenated alkanes) is 2. The SMILES string of the molecule is CC(C)(C)C1CCc2nc3cc(C(=O)NCCCCCN)[nH]c3cc2C1.[HH].[HH]. The van der Waals surface area contributed by atoms with Crippen LogP contribution in [0.5, 0.6) is 0 Å². The number of H-pyrrole nitrogens is 1. The molecule has 3 rings (SSSR count). The summed E-state index contributed by atoms with van der Waals surface area (Å²) in [5, 5.41) is 2.98. The van der Waals surface area contributed by atoms with Crippen LogP contribution in [-0.2, 0) is 12.8 Å². The molecule has 0 saturated carbocycles. The van der Waals surface area contributed by atoms with E-state index in [1.165, 1.54) is 17.7 Å². The van der Waals surface area contributed by atoms with Gasteiger partial charge in [0.05, 0.1) is 11.0 Å². The highest BCUT2D eigenvalue weighted by Gasteiger charge is 2.29. The zero-order chi connectivity index (χ0) is 18.7. The molecule has 1 amide bonds. The molecule has 0 fully saturated rings. The average molecular weight is 361 g/mol. The molecular weight excluding hydrogens is 324 g/mol. The van der Waals surface area contributed by atoms with Gasteiger partial charge in [-0.2, -0.15) is 0 Å². The number of carbonyl (C=O) groups excluding carboxylic acids is 1. The summed E-state index contributed by atoms with van der Waals surface area (Å²) in [5.74, 6) is 0.627. The van der Waals surface area contributed by atoms with Crippen LogP contribution in [0.1, 0.15) is 71.1 Å². The lowest BCUT2D eigenvalue weighted by molar-refractivity contribution is 0.0949. The number of aromatic amines is 1. The van der Waals surface area contributed by atoms with Crippen molar-refractivity contribution in [3.8, 4) is 0 Å². The summed E-state index contributed by atoms with van der Waals surface area (Å²) >= 11 is 0. The number of nitrogens with zero attached hydrogens (tertiary/aromatic N) is 1. The number of nitrogens with two attached hydrogens (primary N) is 1. The molecule has 0 bridgehead atoms. The molecule has 2 aromatic heterocycles. The summed E-state index contributed by atoms with van der Waals surface area (Å²) < 4.78 is 0. The lowest BCUT2D eigenvalue weighted by atomic mass is 9.71. The number of hydrogen-bond acceptors (Lipinski definition) is 3. The van der Waals surface area contributed by atoms with Gasteiger partial charge in [-0.3, -0.25) is 9.78 Å². The van der Waals surface area contributed by atoms with Crippen molar-refractivity contribution in [1.82, 2.24) is 15.3 Å². The van der Waals surface area contributed by atoms with Gasteiger partial charge in [0.15, 0.2) is 0 Å². The van der Waals surface area contributed by atoms with Crippen LogP contribution in [-0.4, -0.2) is 29.0 Å². The van der Waals surface area contributed by atoms with Gasteiger partial charge >= 0.3 is 0 Å². The highest BCUT2D eigenvalue weighted by atomic mass is 16.1. The van der Waals surface area contributed by atoms with Gasteiger partial charge in [-0.1, -0.05) is 27.2 Å². The number of nitrogens with one attached hydrogen (secondary N) is 2. The first-order valence-corrected chi connectivity index (χ1v) is 9.88. The highest BCUT2D eigenvalue weighted by molar-refractivity contribution is 5.97. The van der Waals surface area contributed by atoms with Crippen molar-refractivity contribution < 1.29 is 7.65 Å². The molecule has 0 radical (unpaired) electrons. The third-order valence-electron chi connectivity index (χ3n) is 5.60. The minimum absolute atomic E-state index is 0. The van der Waals surface area contributed by atoms with Crippen molar-refractivity contribution >= 4 is 16.9 Å². The number of hydrogen-bond donors (Lipinski definition) is 3. The Morgan fingerprint density at radius 3 is 2.88 bits per heavy atom. The number of carbonyl (C=O) groups is 1.